The molecule has 124 valence electrons. The summed E-state index contributed by atoms with van der Waals surface area (Å²) in [4.78, 5) is 37.6. The number of alkyl carbamates (subject to hydrolysis) is 1. The third-order valence-corrected chi connectivity index (χ3v) is 4.69. The van der Waals surface area contributed by atoms with Crippen LogP contribution in [0.3, 0.4) is 0 Å². The van der Waals surface area contributed by atoms with Crippen molar-refractivity contribution in [3.8, 4) is 5.75 Å². The smallest absolute Gasteiger partial charge is 0.409 e. The first-order valence-corrected chi connectivity index (χ1v) is 7.57. The van der Waals surface area contributed by atoms with Gasteiger partial charge in [0.05, 0.1) is 27.9 Å². The molecule has 1 aromatic rings. The first-order chi connectivity index (χ1) is 10.9. The molecule has 1 atom stereocenters. The SMILES string of the molecule is COC(=O)N[C@@](I)(C(=O)OC)N1Cc2ccc(OC)cc2C1=O. The molecule has 0 radical (unpaired) electrons. The average Bonchev–Trinajstić information content (AvgIpc) is 2.90. The number of hydrogen-bond acceptors (Lipinski definition) is 6. The van der Waals surface area contributed by atoms with Gasteiger partial charge in [-0.1, -0.05) is 6.07 Å². The molecule has 0 aromatic heterocycles. The van der Waals surface area contributed by atoms with Gasteiger partial charge in [0.25, 0.3) is 9.58 Å². The first kappa shape index (κ1) is 17.3. The fourth-order valence-corrected chi connectivity index (χ4v) is 3.04. The lowest BCUT2D eigenvalue weighted by molar-refractivity contribution is -0.148. The molecule has 1 aliphatic rings. The minimum absolute atomic E-state index is 0.139. The van der Waals surface area contributed by atoms with Crippen LogP contribution in [0.5, 0.6) is 5.75 Å². The normalized spacial score (nSPS) is 15.5. The summed E-state index contributed by atoms with van der Waals surface area (Å²) in [7, 11) is 3.83. The summed E-state index contributed by atoms with van der Waals surface area (Å²) in [6, 6.07) is 5.04. The molecular formula is C14H15IN2O6. The number of hydrogen-bond donors (Lipinski definition) is 1. The average molecular weight is 434 g/mol. The topological polar surface area (TPSA) is 94.2 Å². The van der Waals surface area contributed by atoms with E-state index in [-0.39, 0.29) is 6.54 Å². The van der Waals surface area contributed by atoms with Crippen molar-refractivity contribution in [1.29, 1.82) is 0 Å². The number of ether oxygens (including phenoxy) is 3. The van der Waals surface area contributed by atoms with Crippen molar-refractivity contribution < 1.29 is 28.6 Å². The highest BCUT2D eigenvalue weighted by atomic mass is 127. The van der Waals surface area contributed by atoms with Gasteiger partial charge in [-0.15, -0.1) is 0 Å². The highest BCUT2D eigenvalue weighted by Gasteiger charge is 2.50. The number of esters is 1. The maximum Gasteiger partial charge on any atom is 0.409 e. The number of amides is 2. The van der Waals surface area contributed by atoms with E-state index in [1.807, 2.05) is 0 Å². The van der Waals surface area contributed by atoms with E-state index in [1.165, 1.54) is 19.1 Å². The molecule has 1 aliphatic heterocycles. The molecule has 1 N–H and O–H groups in total. The van der Waals surface area contributed by atoms with Crippen LogP contribution in [0.2, 0.25) is 0 Å². The Bertz CT molecular complexity index is 665. The maximum absolute atomic E-state index is 12.7. The van der Waals surface area contributed by atoms with Gasteiger partial charge < -0.3 is 14.2 Å². The van der Waals surface area contributed by atoms with Gasteiger partial charge in [0.2, 0.25) is 0 Å². The monoisotopic (exact) mass is 434 g/mol. The molecule has 1 heterocycles. The van der Waals surface area contributed by atoms with Crippen molar-refractivity contribution in [1.82, 2.24) is 10.2 Å². The number of carbonyl (C=O) groups excluding carboxylic acids is 3. The number of methoxy groups -OCH3 is 3. The van der Waals surface area contributed by atoms with Crippen LogP contribution in [0.1, 0.15) is 15.9 Å². The zero-order chi connectivity index (χ0) is 17.2. The van der Waals surface area contributed by atoms with E-state index in [1.54, 1.807) is 40.8 Å². The largest absolute Gasteiger partial charge is 0.497 e. The number of nitrogens with zero attached hydrogens (tertiary/aromatic N) is 1. The molecule has 0 saturated heterocycles. The molecule has 8 nitrogen and oxygen atoms in total. The molecule has 0 saturated carbocycles. The Balaban J connectivity index is 2.40. The molecule has 0 aliphatic carbocycles. The standard InChI is InChI=1S/C14H15IN2O6/c1-21-9-5-4-8-7-17(11(18)10(8)6-9)14(15,12(19)22-2)16-13(20)23-3/h4-6H,7H2,1-3H3,(H,16,20)/t14-/m0/s1. The lowest BCUT2D eigenvalue weighted by Crippen LogP contribution is -2.61. The van der Waals surface area contributed by atoms with E-state index >= 15 is 0 Å². The van der Waals surface area contributed by atoms with Crippen LogP contribution in [0.4, 0.5) is 4.79 Å². The molecule has 0 bridgehead atoms. The van der Waals surface area contributed by atoms with E-state index in [9.17, 15) is 14.4 Å². The molecule has 1 aromatic carbocycles. The van der Waals surface area contributed by atoms with Gasteiger partial charge in [-0.2, -0.15) is 0 Å². The lowest BCUT2D eigenvalue weighted by atomic mass is 10.1. The molecular weight excluding hydrogens is 419 g/mol. The predicted molar refractivity (Wildman–Crippen MR) is 87.2 cm³/mol. The van der Waals surface area contributed by atoms with E-state index in [0.717, 1.165) is 7.11 Å². The van der Waals surface area contributed by atoms with Gasteiger partial charge in [0, 0.05) is 5.56 Å². The molecule has 23 heavy (non-hydrogen) atoms. The summed E-state index contributed by atoms with van der Waals surface area (Å²) in [6.45, 7) is 0.139. The summed E-state index contributed by atoms with van der Waals surface area (Å²) in [6.07, 6.45) is -0.855. The van der Waals surface area contributed by atoms with Crippen LogP contribution >= 0.6 is 22.6 Å². The lowest BCUT2D eigenvalue weighted by Gasteiger charge is -2.34. The van der Waals surface area contributed by atoms with Crippen molar-refractivity contribution >= 4 is 40.6 Å². The van der Waals surface area contributed by atoms with Crippen molar-refractivity contribution in [2.45, 2.75) is 10.2 Å². The highest BCUT2D eigenvalue weighted by molar-refractivity contribution is 14.1. The molecule has 0 fully saturated rings. The zero-order valence-corrected chi connectivity index (χ0v) is 14.9. The third kappa shape index (κ3) is 3.05. The fraction of sp³-hybridized carbons (Fsp3) is 0.357. The number of alkyl halides is 1. The maximum atomic E-state index is 12.7. The Labute approximate surface area is 146 Å². The van der Waals surface area contributed by atoms with E-state index in [4.69, 9.17) is 9.47 Å². The summed E-state index contributed by atoms with van der Waals surface area (Å²) in [5.74, 6) is -0.691. The summed E-state index contributed by atoms with van der Waals surface area (Å²) >= 11 is 1.66. The first-order valence-electron chi connectivity index (χ1n) is 6.49. The Hall–Kier alpha value is -2.04. The highest BCUT2D eigenvalue weighted by Crippen LogP contribution is 2.34. The second-order valence-corrected chi connectivity index (χ2v) is 6.21. The second-order valence-electron chi connectivity index (χ2n) is 4.64. The summed E-state index contributed by atoms with van der Waals surface area (Å²) in [5.41, 5.74) is 1.12. The van der Waals surface area contributed by atoms with Crippen LogP contribution in [-0.4, -0.2) is 47.9 Å². The second kappa shape index (κ2) is 6.60. The van der Waals surface area contributed by atoms with Gasteiger partial charge in [0.1, 0.15) is 5.75 Å². The molecule has 2 rings (SSSR count). The summed E-state index contributed by atoms with van der Waals surface area (Å²) in [5, 5.41) is 2.35. The van der Waals surface area contributed by atoms with Gasteiger partial charge in [-0.3, -0.25) is 15.0 Å². The number of benzene rings is 1. The number of carbonyl (C=O) groups is 3. The number of nitrogens with one attached hydrogen (secondary N) is 1. The van der Waals surface area contributed by atoms with Crippen LogP contribution in [0.25, 0.3) is 0 Å². The Morgan fingerprint density at radius 2 is 1.96 bits per heavy atom. The van der Waals surface area contributed by atoms with Crippen molar-refractivity contribution in [3.05, 3.63) is 29.3 Å². The Kier molecular flexibility index (Phi) is 4.97. The van der Waals surface area contributed by atoms with Crippen molar-refractivity contribution in [2.75, 3.05) is 21.3 Å². The van der Waals surface area contributed by atoms with E-state index < -0.39 is 21.6 Å². The number of rotatable bonds is 4. The Morgan fingerprint density at radius 1 is 1.26 bits per heavy atom. The summed E-state index contributed by atoms with van der Waals surface area (Å²) < 4.78 is 12.6. The fourth-order valence-electron chi connectivity index (χ4n) is 2.21. The van der Waals surface area contributed by atoms with E-state index in [2.05, 4.69) is 10.1 Å². The van der Waals surface area contributed by atoms with Gasteiger partial charge >= 0.3 is 12.1 Å². The van der Waals surface area contributed by atoms with Crippen LogP contribution < -0.4 is 10.1 Å². The molecule has 2 amide bonds. The van der Waals surface area contributed by atoms with Crippen LogP contribution in [-0.2, 0) is 20.8 Å². The quantitative estimate of drug-likeness (QED) is 0.332. The van der Waals surface area contributed by atoms with Crippen molar-refractivity contribution in [2.24, 2.45) is 0 Å². The predicted octanol–water partition coefficient (Wildman–Crippen LogP) is 1.27. The Morgan fingerprint density at radius 3 is 2.52 bits per heavy atom. The molecule has 0 spiro atoms. The minimum atomic E-state index is -1.72. The number of fused-ring (bicyclic) bond motifs is 1. The zero-order valence-electron chi connectivity index (χ0n) is 12.7. The van der Waals surface area contributed by atoms with Gasteiger partial charge in [-0.05, 0) is 40.3 Å². The van der Waals surface area contributed by atoms with Gasteiger partial charge in [-0.25, -0.2) is 9.59 Å². The molecule has 9 heteroatoms. The molecule has 0 unspecified atom stereocenters. The van der Waals surface area contributed by atoms with Gasteiger partial charge in [0.15, 0.2) is 0 Å². The van der Waals surface area contributed by atoms with Crippen LogP contribution in [0, 0.1) is 0 Å². The number of halogens is 1. The third-order valence-electron chi connectivity index (χ3n) is 3.40. The van der Waals surface area contributed by atoms with Crippen molar-refractivity contribution in [3.63, 3.8) is 0 Å². The minimum Gasteiger partial charge on any atom is -0.497 e. The van der Waals surface area contributed by atoms with Crippen LogP contribution in [0.15, 0.2) is 18.2 Å². The van der Waals surface area contributed by atoms with E-state index in [0.29, 0.717) is 16.9 Å².